The van der Waals surface area contributed by atoms with E-state index in [9.17, 15) is 4.39 Å². The van der Waals surface area contributed by atoms with Gasteiger partial charge in [-0.15, -0.1) is 21.5 Å². The second-order valence-electron chi connectivity index (χ2n) is 7.19. The maximum atomic E-state index is 14.3. The monoisotopic (exact) mass is 422 g/mol. The fraction of sp³-hybridized carbons (Fsp3) is 0.227. The van der Waals surface area contributed by atoms with Crippen molar-refractivity contribution in [2.24, 2.45) is 0 Å². The zero-order valence-corrected chi connectivity index (χ0v) is 17.5. The molecule has 2 heterocycles. The number of halogens is 1. The molecule has 0 aliphatic heterocycles. The molecule has 29 heavy (non-hydrogen) atoms. The van der Waals surface area contributed by atoms with Gasteiger partial charge in [-0.1, -0.05) is 53.7 Å². The number of thioether (sulfide) groups is 1. The van der Waals surface area contributed by atoms with Crippen LogP contribution in [-0.2, 0) is 5.75 Å². The highest BCUT2D eigenvalue weighted by Crippen LogP contribution is 2.42. The second-order valence-corrected chi connectivity index (χ2v) is 8.99. The van der Waals surface area contributed by atoms with E-state index in [-0.39, 0.29) is 5.82 Å². The number of aromatic nitrogens is 4. The summed E-state index contributed by atoms with van der Waals surface area (Å²) in [5.74, 6) is 1.07. The van der Waals surface area contributed by atoms with Crippen molar-refractivity contribution in [2.75, 3.05) is 0 Å². The van der Waals surface area contributed by atoms with Crippen LogP contribution in [0.5, 0.6) is 0 Å². The Morgan fingerprint density at radius 2 is 1.90 bits per heavy atom. The van der Waals surface area contributed by atoms with E-state index >= 15 is 0 Å². The number of rotatable bonds is 6. The predicted molar refractivity (Wildman–Crippen MR) is 116 cm³/mol. The number of nitrogens with zero attached hydrogens (tertiary/aromatic N) is 4. The van der Waals surface area contributed by atoms with Crippen molar-refractivity contribution < 1.29 is 4.39 Å². The summed E-state index contributed by atoms with van der Waals surface area (Å²) in [6.07, 6.45) is 2.17. The van der Waals surface area contributed by atoms with Crippen LogP contribution in [0.25, 0.3) is 22.0 Å². The van der Waals surface area contributed by atoms with Gasteiger partial charge in [-0.2, -0.15) is 0 Å². The van der Waals surface area contributed by atoms with Gasteiger partial charge in [-0.05, 0) is 31.9 Å². The largest absolute Gasteiger partial charge is 0.299 e. The third-order valence-electron chi connectivity index (χ3n) is 4.89. The first kappa shape index (κ1) is 18.5. The SMILES string of the molecule is Cc1ccc(-c2nc(CSc3nnc(-c4ccccc4F)n3C3CC3)cs2)cc1. The quantitative estimate of drug-likeness (QED) is 0.350. The average molecular weight is 423 g/mol. The van der Waals surface area contributed by atoms with Crippen molar-refractivity contribution in [1.82, 2.24) is 19.7 Å². The van der Waals surface area contributed by atoms with Gasteiger partial charge in [-0.3, -0.25) is 4.57 Å². The molecule has 0 amide bonds. The maximum Gasteiger partial charge on any atom is 0.192 e. The molecule has 4 nitrogen and oxygen atoms in total. The van der Waals surface area contributed by atoms with E-state index in [1.54, 1.807) is 35.2 Å². The number of aryl methyl sites for hydroxylation is 1. The summed E-state index contributed by atoms with van der Waals surface area (Å²) >= 11 is 3.27. The molecule has 5 rings (SSSR count). The molecule has 0 saturated heterocycles. The Balaban J connectivity index is 1.37. The van der Waals surface area contributed by atoms with Crippen LogP contribution in [0.4, 0.5) is 4.39 Å². The van der Waals surface area contributed by atoms with Crippen LogP contribution in [0.15, 0.2) is 59.1 Å². The lowest BCUT2D eigenvalue weighted by molar-refractivity contribution is 0.622. The number of hydrogen-bond donors (Lipinski definition) is 0. The highest BCUT2D eigenvalue weighted by Gasteiger charge is 2.31. The van der Waals surface area contributed by atoms with Gasteiger partial charge in [0.15, 0.2) is 11.0 Å². The Labute approximate surface area is 176 Å². The van der Waals surface area contributed by atoms with E-state index in [1.165, 1.54) is 11.6 Å². The fourth-order valence-corrected chi connectivity index (χ4v) is 5.03. The molecule has 0 radical (unpaired) electrons. The molecule has 4 aromatic rings. The first-order valence-electron chi connectivity index (χ1n) is 9.53. The van der Waals surface area contributed by atoms with Crippen molar-refractivity contribution in [1.29, 1.82) is 0 Å². The Bertz CT molecular complexity index is 1150. The molecule has 1 aliphatic rings. The molecule has 7 heteroatoms. The van der Waals surface area contributed by atoms with Gasteiger partial charge in [-0.25, -0.2) is 9.37 Å². The Hall–Kier alpha value is -2.51. The molecule has 146 valence electrons. The Morgan fingerprint density at radius 1 is 1.10 bits per heavy atom. The molecule has 2 aromatic heterocycles. The number of hydrogen-bond acceptors (Lipinski definition) is 5. The van der Waals surface area contributed by atoms with Crippen LogP contribution in [-0.4, -0.2) is 19.7 Å². The van der Waals surface area contributed by atoms with E-state index in [4.69, 9.17) is 4.98 Å². The minimum Gasteiger partial charge on any atom is -0.299 e. The van der Waals surface area contributed by atoms with E-state index in [2.05, 4.69) is 51.3 Å². The molecule has 0 atom stereocenters. The third kappa shape index (κ3) is 3.84. The van der Waals surface area contributed by atoms with Crippen LogP contribution in [0.1, 0.15) is 30.1 Å². The lowest BCUT2D eigenvalue weighted by atomic mass is 10.2. The van der Waals surface area contributed by atoms with Crippen molar-refractivity contribution in [3.05, 3.63) is 71.0 Å². The third-order valence-corrected chi connectivity index (χ3v) is 6.81. The normalized spacial score (nSPS) is 13.7. The molecular formula is C22H19FN4S2. The Morgan fingerprint density at radius 3 is 2.66 bits per heavy atom. The highest BCUT2D eigenvalue weighted by atomic mass is 32.2. The number of thiazole rings is 1. The second kappa shape index (κ2) is 7.72. The summed E-state index contributed by atoms with van der Waals surface area (Å²) in [7, 11) is 0. The van der Waals surface area contributed by atoms with E-state index < -0.39 is 0 Å². The molecule has 0 spiro atoms. The van der Waals surface area contributed by atoms with Gasteiger partial charge in [0.05, 0.1) is 11.3 Å². The fourth-order valence-electron chi connectivity index (χ4n) is 3.20. The first-order valence-corrected chi connectivity index (χ1v) is 11.4. The lowest BCUT2D eigenvalue weighted by Crippen LogP contribution is -2.01. The van der Waals surface area contributed by atoms with Crippen LogP contribution in [0.3, 0.4) is 0 Å². The van der Waals surface area contributed by atoms with E-state index in [0.29, 0.717) is 23.2 Å². The van der Waals surface area contributed by atoms with E-state index in [0.717, 1.165) is 34.3 Å². The zero-order valence-electron chi connectivity index (χ0n) is 15.9. The maximum absolute atomic E-state index is 14.3. The van der Waals surface area contributed by atoms with Gasteiger partial charge >= 0.3 is 0 Å². The van der Waals surface area contributed by atoms with Crippen molar-refractivity contribution in [3.63, 3.8) is 0 Å². The Kier molecular flexibility index (Phi) is 4.93. The summed E-state index contributed by atoms with van der Waals surface area (Å²) in [4.78, 5) is 4.77. The minimum absolute atomic E-state index is 0.263. The summed E-state index contributed by atoms with van der Waals surface area (Å²) in [6, 6.07) is 15.5. The minimum atomic E-state index is -0.263. The van der Waals surface area contributed by atoms with Crippen LogP contribution in [0, 0.1) is 12.7 Å². The molecule has 0 unspecified atom stereocenters. The average Bonchev–Trinajstić information content (AvgIpc) is 3.31. The molecule has 0 bridgehead atoms. The smallest absolute Gasteiger partial charge is 0.192 e. The molecule has 0 N–H and O–H groups in total. The topological polar surface area (TPSA) is 43.6 Å². The molecule has 2 aromatic carbocycles. The zero-order chi connectivity index (χ0) is 19.8. The van der Waals surface area contributed by atoms with Crippen molar-refractivity contribution >= 4 is 23.1 Å². The van der Waals surface area contributed by atoms with Crippen LogP contribution in [0.2, 0.25) is 0 Å². The molecule has 1 fully saturated rings. The lowest BCUT2D eigenvalue weighted by Gasteiger charge is -2.09. The molecular weight excluding hydrogens is 403 g/mol. The van der Waals surface area contributed by atoms with Crippen LogP contribution < -0.4 is 0 Å². The van der Waals surface area contributed by atoms with Gasteiger partial charge in [0.2, 0.25) is 0 Å². The van der Waals surface area contributed by atoms with Gasteiger partial charge in [0.1, 0.15) is 10.8 Å². The first-order chi connectivity index (χ1) is 14.2. The number of benzene rings is 2. The van der Waals surface area contributed by atoms with E-state index in [1.807, 2.05) is 6.07 Å². The summed E-state index contributed by atoms with van der Waals surface area (Å²) in [5.41, 5.74) is 3.91. The van der Waals surface area contributed by atoms with Gasteiger partial charge in [0, 0.05) is 22.7 Å². The summed E-state index contributed by atoms with van der Waals surface area (Å²) in [5, 5.41) is 12.6. The van der Waals surface area contributed by atoms with Crippen molar-refractivity contribution in [2.45, 2.75) is 36.7 Å². The standard InChI is InChI=1S/C22H19FN4S2/c1-14-6-8-15(9-7-14)21-24-16(12-28-21)13-29-22-26-25-20(27(22)17-10-11-17)18-4-2-3-5-19(18)23/h2-9,12,17H,10-11,13H2,1H3. The predicted octanol–water partition coefficient (Wildman–Crippen LogP) is 6.14. The summed E-state index contributed by atoms with van der Waals surface area (Å²) in [6.45, 7) is 2.08. The summed E-state index contributed by atoms with van der Waals surface area (Å²) < 4.78 is 16.4. The molecule has 1 aliphatic carbocycles. The molecule has 1 saturated carbocycles. The van der Waals surface area contributed by atoms with Gasteiger partial charge < -0.3 is 0 Å². The van der Waals surface area contributed by atoms with Crippen LogP contribution >= 0.6 is 23.1 Å². The van der Waals surface area contributed by atoms with Crippen molar-refractivity contribution in [3.8, 4) is 22.0 Å². The highest BCUT2D eigenvalue weighted by molar-refractivity contribution is 7.98. The van der Waals surface area contributed by atoms with Gasteiger partial charge in [0.25, 0.3) is 0 Å².